The van der Waals surface area contributed by atoms with Crippen LogP contribution in [-0.2, 0) is 11.3 Å². The molecule has 0 spiro atoms. The molecule has 0 aromatic heterocycles. The van der Waals surface area contributed by atoms with Crippen molar-refractivity contribution >= 4 is 0 Å². The van der Waals surface area contributed by atoms with Crippen molar-refractivity contribution in [3.05, 3.63) is 35.1 Å². The second kappa shape index (κ2) is 7.59. The van der Waals surface area contributed by atoms with Crippen LogP contribution >= 0.6 is 0 Å². The predicted octanol–water partition coefficient (Wildman–Crippen LogP) is 3.48. The first-order chi connectivity index (χ1) is 10.1. The van der Waals surface area contributed by atoms with Crippen LogP contribution in [0.3, 0.4) is 0 Å². The summed E-state index contributed by atoms with van der Waals surface area (Å²) in [6, 6.07) is 5.02. The van der Waals surface area contributed by atoms with Crippen molar-refractivity contribution in [2.75, 3.05) is 6.54 Å². The number of hydrogen-bond acceptors (Lipinski definition) is 2. The first-order valence-electron chi connectivity index (χ1n) is 7.69. The highest BCUT2D eigenvalue weighted by Crippen LogP contribution is 2.31. The van der Waals surface area contributed by atoms with Gasteiger partial charge < -0.3 is 10.5 Å². The molecule has 1 aliphatic carbocycles. The van der Waals surface area contributed by atoms with E-state index in [2.05, 4.69) is 25.7 Å². The molecule has 2 N–H and O–H groups in total. The molecule has 114 valence electrons. The Bertz CT molecular complexity index is 532. The number of nitrogens with two attached hydrogens (primary N) is 1. The third-order valence-corrected chi connectivity index (χ3v) is 4.41. The van der Waals surface area contributed by atoms with Crippen LogP contribution in [-0.4, -0.2) is 12.6 Å². The van der Waals surface area contributed by atoms with Crippen LogP contribution in [0, 0.1) is 29.5 Å². The van der Waals surface area contributed by atoms with Crippen molar-refractivity contribution in [3.63, 3.8) is 0 Å². The van der Waals surface area contributed by atoms with Crippen molar-refractivity contribution in [3.8, 4) is 11.8 Å². The van der Waals surface area contributed by atoms with Crippen molar-refractivity contribution in [1.82, 2.24) is 0 Å². The molecule has 0 aliphatic heterocycles. The fourth-order valence-electron chi connectivity index (χ4n) is 2.75. The van der Waals surface area contributed by atoms with Gasteiger partial charge in [-0.25, -0.2) is 4.39 Å². The Morgan fingerprint density at radius 1 is 1.29 bits per heavy atom. The molecular weight excluding hydrogens is 265 g/mol. The average molecular weight is 289 g/mol. The van der Waals surface area contributed by atoms with Crippen LogP contribution < -0.4 is 5.73 Å². The van der Waals surface area contributed by atoms with Gasteiger partial charge in [-0.3, -0.25) is 0 Å². The molecule has 0 radical (unpaired) electrons. The number of hydrogen-bond donors (Lipinski definition) is 1. The topological polar surface area (TPSA) is 35.2 Å². The molecule has 1 fully saturated rings. The Kier molecular flexibility index (Phi) is 5.78. The molecular formula is C18H24FNO. The van der Waals surface area contributed by atoms with Gasteiger partial charge in [0.05, 0.1) is 19.3 Å². The lowest BCUT2D eigenvalue weighted by molar-refractivity contribution is -0.00845. The summed E-state index contributed by atoms with van der Waals surface area (Å²) >= 11 is 0. The number of benzene rings is 1. The summed E-state index contributed by atoms with van der Waals surface area (Å²) in [5, 5.41) is 0. The molecule has 0 bridgehead atoms. The second-order valence-electron chi connectivity index (χ2n) is 6.01. The molecule has 3 unspecified atom stereocenters. The van der Waals surface area contributed by atoms with E-state index in [-0.39, 0.29) is 18.5 Å². The van der Waals surface area contributed by atoms with Gasteiger partial charge in [-0.2, -0.15) is 0 Å². The van der Waals surface area contributed by atoms with Gasteiger partial charge in [-0.05, 0) is 43.2 Å². The third kappa shape index (κ3) is 4.56. The quantitative estimate of drug-likeness (QED) is 0.865. The summed E-state index contributed by atoms with van der Waals surface area (Å²) in [7, 11) is 0. The first kappa shape index (κ1) is 16.0. The molecule has 1 aromatic carbocycles. The normalized spacial score (nSPS) is 25.2. The van der Waals surface area contributed by atoms with Gasteiger partial charge in [-0.15, -0.1) is 0 Å². The van der Waals surface area contributed by atoms with Gasteiger partial charge >= 0.3 is 0 Å². The number of rotatable bonds is 3. The molecule has 0 saturated heterocycles. The van der Waals surface area contributed by atoms with Crippen LogP contribution in [0.5, 0.6) is 0 Å². The first-order valence-corrected chi connectivity index (χ1v) is 7.69. The zero-order valence-electron chi connectivity index (χ0n) is 12.9. The molecule has 0 heterocycles. The summed E-state index contributed by atoms with van der Waals surface area (Å²) in [6.45, 7) is 5.18. The number of ether oxygens (including phenoxy) is 1. The Balaban J connectivity index is 1.91. The predicted molar refractivity (Wildman–Crippen MR) is 83.1 cm³/mol. The van der Waals surface area contributed by atoms with Gasteiger partial charge in [0, 0.05) is 11.1 Å². The maximum absolute atomic E-state index is 14.0. The lowest BCUT2D eigenvalue weighted by Crippen LogP contribution is -2.26. The fourth-order valence-corrected chi connectivity index (χ4v) is 2.75. The van der Waals surface area contributed by atoms with Crippen molar-refractivity contribution in [2.24, 2.45) is 17.6 Å². The van der Waals surface area contributed by atoms with E-state index in [0.717, 1.165) is 18.8 Å². The van der Waals surface area contributed by atoms with Crippen molar-refractivity contribution in [2.45, 2.75) is 45.8 Å². The average Bonchev–Trinajstić information content (AvgIpc) is 2.47. The zero-order chi connectivity index (χ0) is 15.2. The molecule has 21 heavy (non-hydrogen) atoms. The van der Waals surface area contributed by atoms with E-state index in [0.29, 0.717) is 23.7 Å². The molecule has 3 heteroatoms. The van der Waals surface area contributed by atoms with E-state index < -0.39 is 0 Å². The summed E-state index contributed by atoms with van der Waals surface area (Å²) < 4.78 is 19.9. The van der Waals surface area contributed by atoms with Gasteiger partial charge in [0.25, 0.3) is 0 Å². The van der Waals surface area contributed by atoms with E-state index in [9.17, 15) is 4.39 Å². The zero-order valence-corrected chi connectivity index (χ0v) is 12.9. The summed E-state index contributed by atoms with van der Waals surface area (Å²) in [5.74, 6) is 6.75. The fraction of sp³-hybridized carbons (Fsp3) is 0.556. The maximum Gasteiger partial charge on any atom is 0.129 e. The molecule has 2 rings (SSSR count). The summed E-state index contributed by atoms with van der Waals surface area (Å²) in [6.07, 6.45) is 3.60. The van der Waals surface area contributed by atoms with E-state index in [1.165, 1.54) is 12.5 Å². The van der Waals surface area contributed by atoms with Gasteiger partial charge in [0.1, 0.15) is 5.82 Å². The molecule has 1 saturated carbocycles. The molecule has 3 atom stereocenters. The third-order valence-electron chi connectivity index (χ3n) is 4.41. The van der Waals surface area contributed by atoms with Gasteiger partial charge in [0.2, 0.25) is 0 Å². The highest BCUT2D eigenvalue weighted by molar-refractivity contribution is 5.37. The van der Waals surface area contributed by atoms with Crippen LogP contribution in [0.15, 0.2) is 18.2 Å². The van der Waals surface area contributed by atoms with E-state index in [1.807, 2.05) is 6.07 Å². The number of halogens is 1. The molecule has 0 amide bonds. The Labute approximate surface area is 126 Å². The van der Waals surface area contributed by atoms with Crippen LogP contribution in [0.1, 0.15) is 44.2 Å². The van der Waals surface area contributed by atoms with E-state index >= 15 is 0 Å². The van der Waals surface area contributed by atoms with E-state index in [4.69, 9.17) is 10.5 Å². The van der Waals surface area contributed by atoms with Crippen LogP contribution in [0.4, 0.5) is 4.39 Å². The smallest absolute Gasteiger partial charge is 0.129 e. The maximum atomic E-state index is 14.0. The summed E-state index contributed by atoms with van der Waals surface area (Å²) in [4.78, 5) is 0. The Hall–Kier alpha value is -1.37. The Morgan fingerprint density at radius 2 is 2.10 bits per heavy atom. The largest absolute Gasteiger partial charge is 0.373 e. The SMILES string of the molecule is CC1CCC(OCc2ccc(C#CCN)cc2F)CC1C. The minimum absolute atomic E-state index is 0.254. The minimum Gasteiger partial charge on any atom is -0.373 e. The van der Waals surface area contributed by atoms with Crippen LogP contribution in [0.2, 0.25) is 0 Å². The highest BCUT2D eigenvalue weighted by atomic mass is 19.1. The molecule has 2 nitrogen and oxygen atoms in total. The second-order valence-corrected chi connectivity index (χ2v) is 6.01. The highest BCUT2D eigenvalue weighted by Gasteiger charge is 2.25. The Morgan fingerprint density at radius 3 is 2.76 bits per heavy atom. The lowest BCUT2D eigenvalue weighted by atomic mass is 9.80. The molecule has 1 aliphatic rings. The van der Waals surface area contributed by atoms with Gasteiger partial charge in [-0.1, -0.05) is 31.8 Å². The standard InChI is InChI=1S/C18H24FNO/c1-13-5-8-17(10-14(13)2)21-12-16-7-6-15(4-3-9-20)11-18(16)19/h6-7,11,13-14,17H,5,8-10,12,20H2,1-2H3. The van der Waals surface area contributed by atoms with Crippen LogP contribution in [0.25, 0.3) is 0 Å². The van der Waals surface area contributed by atoms with Crippen molar-refractivity contribution in [1.29, 1.82) is 0 Å². The van der Waals surface area contributed by atoms with Gasteiger partial charge in [0.15, 0.2) is 0 Å². The van der Waals surface area contributed by atoms with E-state index in [1.54, 1.807) is 6.07 Å². The summed E-state index contributed by atoms with van der Waals surface area (Å²) in [5.41, 5.74) is 6.56. The monoisotopic (exact) mass is 289 g/mol. The molecule has 1 aromatic rings. The lowest BCUT2D eigenvalue weighted by Gasteiger charge is -2.32. The minimum atomic E-state index is -0.254. The van der Waals surface area contributed by atoms with Crippen molar-refractivity contribution < 1.29 is 9.13 Å².